The van der Waals surface area contributed by atoms with Crippen molar-refractivity contribution in [2.75, 3.05) is 30.8 Å². The second kappa shape index (κ2) is 9.98. The van der Waals surface area contributed by atoms with Gasteiger partial charge in [-0.25, -0.2) is 18.4 Å². The van der Waals surface area contributed by atoms with Gasteiger partial charge in [-0.3, -0.25) is 9.36 Å². The number of hydrogen-bond donors (Lipinski definition) is 2. The van der Waals surface area contributed by atoms with Crippen molar-refractivity contribution in [3.05, 3.63) is 65.4 Å². The van der Waals surface area contributed by atoms with Crippen molar-refractivity contribution in [3.8, 4) is 11.3 Å². The number of nitrogens with zero attached hydrogens (tertiary/aromatic N) is 2. The molecule has 0 aliphatic rings. The Kier molecular flexibility index (Phi) is 7.51. The Morgan fingerprint density at radius 2 is 1.70 bits per heavy atom. The van der Waals surface area contributed by atoms with Crippen molar-refractivity contribution in [1.82, 2.24) is 9.97 Å². The van der Waals surface area contributed by atoms with Gasteiger partial charge in [-0.15, -0.1) is 0 Å². The highest BCUT2D eigenvalue weighted by atomic mass is 35.5. The highest BCUT2D eigenvalue weighted by Gasteiger charge is 2.31. The Hall–Kier alpha value is -2.82. The van der Waals surface area contributed by atoms with E-state index in [0.717, 1.165) is 14.2 Å². The minimum atomic E-state index is -3.96. The Morgan fingerprint density at radius 3 is 2.27 bits per heavy atom. The number of amides is 1. The largest absolute Gasteiger partial charge is 0.382 e. The molecule has 0 bridgehead atoms. The van der Waals surface area contributed by atoms with Crippen LogP contribution in [0.5, 0.6) is 0 Å². The van der Waals surface area contributed by atoms with Crippen LogP contribution >= 0.6 is 19.2 Å². The van der Waals surface area contributed by atoms with Gasteiger partial charge >= 0.3 is 7.60 Å². The van der Waals surface area contributed by atoms with Gasteiger partial charge in [0, 0.05) is 30.5 Å². The summed E-state index contributed by atoms with van der Waals surface area (Å²) in [5, 5.41) is 3.15. The Balaban J connectivity index is 1.79. The average molecular weight is 511 g/mol. The van der Waals surface area contributed by atoms with E-state index in [1.807, 2.05) is 0 Å². The molecule has 3 N–H and O–H groups in total. The van der Waals surface area contributed by atoms with Crippen molar-refractivity contribution < 1.29 is 26.8 Å². The molecular formula is C20H20ClN4O6PS. The van der Waals surface area contributed by atoms with Gasteiger partial charge in [-0.05, 0) is 36.4 Å². The minimum absolute atomic E-state index is 0.0701. The predicted molar refractivity (Wildman–Crippen MR) is 125 cm³/mol. The highest BCUT2D eigenvalue weighted by Crippen LogP contribution is 2.48. The van der Waals surface area contributed by atoms with Crippen molar-refractivity contribution in [1.29, 1.82) is 0 Å². The second-order valence-corrected chi connectivity index (χ2v) is 11.8. The predicted octanol–water partition coefficient (Wildman–Crippen LogP) is 3.85. The first-order valence-electron chi connectivity index (χ1n) is 9.30. The minimum Gasteiger partial charge on any atom is -0.382 e. The lowest BCUT2D eigenvalue weighted by molar-refractivity contribution is 0.102. The van der Waals surface area contributed by atoms with E-state index in [9.17, 15) is 17.8 Å². The number of nitrogen functional groups attached to an aromatic ring is 1. The zero-order chi connectivity index (χ0) is 24.2. The lowest BCUT2D eigenvalue weighted by atomic mass is 10.1. The fraction of sp³-hybridized carbons (Fsp3) is 0.150. The average Bonchev–Trinajstić information content (AvgIpc) is 2.80. The maximum atomic E-state index is 12.7. The number of rotatable bonds is 8. The van der Waals surface area contributed by atoms with Gasteiger partial charge in [0.1, 0.15) is 0 Å². The molecule has 13 heteroatoms. The van der Waals surface area contributed by atoms with Crippen LogP contribution in [0.1, 0.15) is 10.5 Å². The van der Waals surface area contributed by atoms with Crippen LogP contribution in [0, 0.1) is 0 Å². The molecule has 2 aromatic carbocycles. The van der Waals surface area contributed by atoms with Gasteiger partial charge in [0.05, 0.1) is 16.8 Å². The third-order valence-electron chi connectivity index (χ3n) is 4.51. The lowest BCUT2D eigenvalue weighted by Crippen LogP contribution is -2.17. The molecule has 0 fully saturated rings. The van der Waals surface area contributed by atoms with E-state index >= 15 is 0 Å². The summed E-state index contributed by atoms with van der Waals surface area (Å²) in [5.74, 6) is -0.700. The molecule has 0 unspecified atom stereocenters. The summed E-state index contributed by atoms with van der Waals surface area (Å²) in [6.45, 7) is 0. The molecule has 0 saturated carbocycles. The molecule has 10 nitrogen and oxygen atoms in total. The molecule has 1 heterocycles. The summed E-state index contributed by atoms with van der Waals surface area (Å²) in [6.07, 6.45) is 1.44. The molecule has 0 atom stereocenters. The molecule has 174 valence electrons. The van der Waals surface area contributed by atoms with E-state index in [1.54, 1.807) is 24.3 Å². The zero-order valence-corrected chi connectivity index (χ0v) is 20.0. The van der Waals surface area contributed by atoms with Crippen LogP contribution in [0.2, 0.25) is 5.02 Å². The highest BCUT2D eigenvalue weighted by molar-refractivity contribution is 7.97. The maximum Gasteiger partial charge on any atom is 0.345 e. The Labute approximate surface area is 195 Å². The molecule has 0 spiro atoms. The number of nitrogens with one attached hydrogen (secondary N) is 1. The van der Waals surface area contributed by atoms with Gasteiger partial charge in [0.2, 0.25) is 0 Å². The van der Waals surface area contributed by atoms with E-state index < -0.39 is 28.8 Å². The first kappa shape index (κ1) is 24.8. The fourth-order valence-electron chi connectivity index (χ4n) is 2.72. The summed E-state index contributed by atoms with van der Waals surface area (Å²) in [5.41, 5.74) is 6.32. The monoisotopic (exact) mass is 510 g/mol. The molecule has 3 rings (SSSR count). The molecule has 3 aromatic rings. The summed E-state index contributed by atoms with van der Waals surface area (Å²) >= 11 is 5.90. The molecule has 0 aliphatic heterocycles. The van der Waals surface area contributed by atoms with Crippen LogP contribution in [-0.4, -0.2) is 44.0 Å². The van der Waals surface area contributed by atoms with Crippen LogP contribution in [0.15, 0.2) is 59.6 Å². The van der Waals surface area contributed by atoms with Crippen molar-refractivity contribution in [2.45, 2.75) is 4.90 Å². The van der Waals surface area contributed by atoms with Crippen LogP contribution in [-0.2, 0) is 23.4 Å². The number of benzene rings is 2. The van der Waals surface area contributed by atoms with E-state index in [0.29, 0.717) is 22.0 Å². The van der Waals surface area contributed by atoms with Gasteiger partial charge in [-0.2, -0.15) is 0 Å². The van der Waals surface area contributed by atoms with E-state index in [4.69, 9.17) is 26.4 Å². The van der Waals surface area contributed by atoms with Crippen LogP contribution in [0.3, 0.4) is 0 Å². The van der Waals surface area contributed by atoms with Crippen molar-refractivity contribution in [2.24, 2.45) is 0 Å². The van der Waals surface area contributed by atoms with Gasteiger partial charge in [0.15, 0.2) is 26.8 Å². The third-order valence-corrected chi connectivity index (χ3v) is 9.49. The van der Waals surface area contributed by atoms with Gasteiger partial charge in [0.25, 0.3) is 5.91 Å². The molecule has 0 radical (unpaired) electrons. The number of anilines is 2. The summed E-state index contributed by atoms with van der Waals surface area (Å²) in [6, 6.07) is 12.1. The quantitative estimate of drug-likeness (QED) is 0.430. The molecular weight excluding hydrogens is 491 g/mol. The molecule has 0 saturated heterocycles. The van der Waals surface area contributed by atoms with Crippen LogP contribution < -0.4 is 11.1 Å². The Morgan fingerprint density at radius 1 is 1.09 bits per heavy atom. The SMILES string of the molecule is COP(=O)(CS(=O)(=O)c1ccc(NC(=O)c2nc(-c3ccc(Cl)cc3)cnc2N)cc1)OC. The number of aromatic nitrogens is 2. The number of carbonyl (C=O) groups excluding carboxylic acids is 1. The first-order valence-corrected chi connectivity index (χ1v) is 13.1. The molecule has 1 amide bonds. The first-order chi connectivity index (χ1) is 15.6. The van der Waals surface area contributed by atoms with E-state index in [2.05, 4.69) is 15.3 Å². The Bertz CT molecular complexity index is 1310. The van der Waals surface area contributed by atoms with Crippen molar-refractivity contribution in [3.63, 3.8) is 0 Å². The van der Waals surface area contributed by atoms with E-state index in [1.165, 1.54) is 30.5 Å². The third kappa shape index (κ3) is 5.95. The fourth-order valence-corrected chi connectivity index (χ4v) is 6.65. The van der Waals surface area contributed by atoms with Gasteiger partial charge in [-0.1, -0.05) is 23.7 Å². The number of hydrogen-bond acceptors (Lipinski definition) is 9. The van der Waals surface area contributed by atoms with Crippen molar-refractivity contribution >= 4 is 46.4 Å². The topological polar surface area (TPSA) is 151 Å². The number of halogens is 1. The standard InChI is InChI=1S/C20H20ClN4O6PS/c1-30-32(27,31-2)12-33(28,29)16-9-7-15(8-10-16)24-20(26)18-19(22)23-11-17(25-18)13-3-5-14(21)6-4-13/h3-11H,12H2,1-2H3,(H2,22,23)(H,24,26). The van der Waals surface area contributed by atoms with Gasteiger partial charge < -0.3 is 20.1 Å². The second-order valence-electron chi connectivity index (χ2n) is 6.69. The number of sulfone groups is 1. The van der Waals surface area contributed by atoms with Crippen LogP contribution in [0.25, 0.3) is 11.3 Å². The van der Waals surface area contributed by atoms with Crippen LogP contribution in [0.4, 0.5) is 11.5 Å². The number of carbonyl (C=O) groups is 1. The summed E-state index contributed by atoms with van der Waals surface area (Å²) in [7, 11) is -5.53. The summed E-state index contributed by atoms with van der Waals surface area (Å²) < 4.78 is 46.6. The number of nitrogens with two attached hydrogens (primary N) is 1. The molecule has 33 heavy (non-hydrogen) atoms. The summed E-state index contributed by atoms with van der Waals surface area (Å²) in [4.78, 5) is 20.9. The zero-order valence-electron chi connectivity index (χ0n) is 17.6. The maximum absolute atomic E-state index is 12.7. The smallest absolute Gasteiger partial charge is 0.345 e. The normalized spacial score (nSPS) is 11.8. The molecule has 1 aromatic heterocycles. The lowest BCUT2D eigenvalue weighted by Gasteiger charge is -2.14. The molecule has 0 aliphatic carbocycles. The van der Waals surface area contributed by atoms with E-state index in [-0.39, 0.29) is 16.4 Å².